The van der Waals surface area contributed by atoms with Gasteiger partial charge in [0, 0.05) is 0 Å². The van der Waals surface area contributed by atoms with Crippen molar-refractivity contribution in [2.24, 2.45) is 17.8 Å². The zero-order chi connectivity index (χ0) is 23.2. The standard InChI is InChI=1S/C23H41NO6/c1-5-6-7-8-9-10-11-12-13-14-24(15-18(2)21(25)26,16-19(3)22(27)28)17-20(4)23(29)30/h5-6,18-20H,7-17H2,1-4H3,(H2-,25,26,27,28,29,30)/p+1/b6-5+. The maximum absolute atomic E-state index is 11.5. The predicted octanol–water partition coefficient (Wildman–Crippen LogP) is 4.27. The molecule has 0 aliphatic rings. The summed E-state index contributed by atoms with van der Waals surface area (Å²) in [6, 6.07) is 0. The number of carbonyl (C=O) groups is 3. The molecule has 3 unspecified atom stereocenters. The van der Waals surface area contributed by atoms with Crippen LogP contribution in [0.5, 0.6) is 0 Å². The molecule has 174 valence electrons. The largest absolute Gasteiger partial charge is 0.481 e. The molecule has 0 spiro atoms. The molecule has 7 nitrogen and oxygen atoms in total. The summed E-state index contributed by atoms with van der Waals surface area (Å²) in [6.45, 7) is 8.18. The molecule has 0 fully saturated rings. The first-order valence-corrected chi connectivity index (χ1v) is 11.2. The lowest BCUT2D eigenvalue weighted by Gasteiger charge is -2.42. The lowest BCUT2D eigenvalue weighted by molar-refractivity contribution is -0.934. The average Bonchev–Trinajstić information content (AvgIpc) is 2.66. The first-order chi connectivity index (χ1) is 14.0. The van der Waals surface area contributed by atoms with Crippen molar-refractivity contribution in [2.45, 2.75) is 72.6 Å². The number of quaternary nitrogens is 1. The lowest BCUT2D eigenvalue weighted by Crippen LogP contribution is -2.57. The van der Waals surface area contributed by atoms with E-state index >= 15 is 0 Å². The van der Waals surface area contributed by atoms with E-state index in [1.807, 2.05) is 6.92 Å². The number of hydrogen-bond donors (Lipinski definition) is 3. The molecule has 7 heteroatoms. The number of nitrogens with zero attached hydrogens (tertiary/aromatic N) is 1. The van der Waals surface area contributed by atoms with E-state index in [1.165, 1.54) is 12.8 Å². The summed E-state index contributed by atoms with van der Waals surface area (Å²) in [5.74, 6) is -4.82. The normalized spacial score (nSPS) is 16.7. The summed E-state index contributed by atoms with van der Waals surface area (Å²) in [7, 11) is 0. The van der Waals surface area contributed by atoms with E-state index in [4.69, 9.17) is 0 Å². The first-order valence-electron chi connectivity index (χ1n) is 11.2. The third-order valence-electron chi connectivity index (χ3n) is 5.74. The summed E-state index contributed by atoms with van der Waals surface area (Å²) in [5.41, 5.74) is 0. The van der Waals surface area contributed by atoms with E-state index in [1.54, 1.807) is 20.8 Å². The number of unbranched alkanes of at least 4 members (excludes halogenated alkanes) is 6. The van der Waals surface area contributed by atoms with Crippen molar-refractivity contribution in [1.29, 1.82) is 0 Å². The van der Waals surface area contributed by atoms with Crippen LogP contribution in [0.1, 0.15) is 72.6 Å². The van der Waals surface area contributed by atoms with Crippen LogP contribution in [0.15, 0.2) is 12.2 Å². The second kappa shape index (κ2) is 15.0. The Kier molecular flexibility index (Phi) is 14.0. The Balaban J connectivity index is 5.11. The Morgan fingerprint density at radius 3 is 1.43 bits per heavy atom. The van der Waals surface area contributed by atoms with Gasteiger partial charge in [-0.15, -0.1) is 0 Å². The Labute approximate surface area is 181 Å². The maximum Gasteiger partial charge on any atom is 0.311 e. The van der Waals surface area contributed by atoms with Crippen LogP contribution in [0.25, 0.3) is 0 Å². The minimum absolute atomic E-state index is 0.218. The number of carboxylic acid groups (broad SMARTS) is 3. The van der Waals surface area contributed by atoms with Crippen molar-refractivity contribution in [3.8, 4) is 0 Å². The fourth-order valence-corrected chi connectivity index (χ4v) is 4.06. The topological polar surface area (TPSA) is 112 Å². The molecule has 0 amide bonds. The minimum Gasteiger partial charge on any atom is -0.481 e. The lowest BCUT2D eigenvalue weighted by atomic mass is 10.0. The van der Waals surface area contributed by atoms with Crippen LogP contribution >= 0.6 is 0 Å². The van der Waals surface area contributed by atoms with E-state index in [0.717, 1.165) is 32.1 Å². The maximum atomic E-state index is 11.5. The van der Waals surface area contributed by atoms with Gasteiger partial charge in [0.25, 0.3) is 0 Å². The van der Waals surface area contributed by atoms with Crippen LogP contribution < -0.4 is 0 Å². The number of allylic oxidation sites excluding steroid dienone is 2. The fraction of sp³-hybridized carbons (Fsp3) is 0.783. The molecule has 0 saturated heterocycles. The minimum atomic E-state index is -0.940. The molecule has 0 aliphatic carbocycles. The summed E-state index contributed by atoms with van der Waals surface area (Å²) >= 11 is 0. The second-order valence-electron chi connectivity index (χ2n) is 8.81. The van der Waals surface area contributed by atoms with Gasteiger partial charge in [0.2, 0.25) is 0 Å². The van der Waals surface area contributed by atoms with Gasteiger partial charge in [-0.2, -0.15) is 0 Å². The van der Waals surface area contributed by atoms with Crippen LogP contribution in [-0.4, -0.2) is 63.9 Å². The van der Waals surface area contributed by atoms with E-state index in [2.05, 4.69) is 12.2 Å². The second-order valence-corrected chi connectivity index (χ2v) is 8.81. The number of rotatable bonds is 18. The third kappa shape index (κ3) is 12.0. The highest BCUT2D eigenvalue weighted by molar-refractivity contribution is 5.70. The van der Waals surface area contributed by atoms with E-state index in [-0.39, 0.29) is 24.1 Å². The molecular weight excluding hydrogens is 386 g/mol. The van der Waals surface area contributed by atoms with Crippen molar-refractivity contribution in [1.82, 2.24) is 0 Å². The molecular formula is C23H42NO6+. The molecule has 0 aliphatic heterocycles. The summed E-state index contributed by atoms with van der Waals surface area (Å²) in [6.07, 6.45) is 11.7. The van der Waals surface area contributed by atoms with Crippen molar-refractivity contribution in [2.75, 3.05) is 26.2 Å². The molecule has 0 aromatic carbocycles. The zero-order valence-corrected chi connectivity index (χ0v) is 19.2. The number of carboxylic acids is 3. The van der Waals surface area contributed by atoms with Gasteiger partial charge in [-0.1, -0.05) is 31.4 Å². The summed E-state index contributed by atoms with van der Waals surface area (Å²) in [5, 5.41) is 28.2. The van der Waals surface area contributed by atoms with E-state index in [9.17, 15) is 29.7 Å². The fourth-order valence-electron chi connectivity index (χ4n) is 4.06. The van der Waals surface area contributed by atoms with Gasteiger partial charge in [0.05, 0.1) is 26.2 Å². The highest BCUT2D eigenvalue weighted by Gasteiger charge is 2.38. The van der Waals surface area contributed by atoms with Gasteiger partial charge in [-0.3, -0.25) is 14.4 Å². The Morgan fingerprint density at radius 2 is 1.07 bits per heavy atom. The van der Waals surface area contributed by atoms with E-state index < -0.39 is 35.7 Å². The highest BCUT2D eigenvalue weighted by atomic mass is 16.4. The van der Waals surface area contributed by atoms with Crippen LogP contribution in [-0.2, 0) is 14.4 Å². The van der Waals surface area contributed by atoms with Crippen molar-refractivity contribution < 1.29 is 34.2 Å². The van der Waals surface area contributed by atoms with Gasteiger partial charge in [0.15, 0.2) is 0 Å². The number of aliphatic carboxylic acids is 3. The predicted molar refractivity (Wildman–Crippen MR) is 117 cm³/mol. The smallest absolute Gasteiger partial charge is 0.311 e. The molecule has 0 heterocycles. The van der Waals surface area contributed by atoms with Crippen LogP contribution in [0, 0.1) is 17.8 Å². The first kappa shape index (κ1) is 28.1. The van der Waals surface area contributed by atoms with Crippen LogP contribution in [0.4, 0.5) is 0 Å². The summed E-state index contributed by atoms with van der Waals surface area (Å²) in [4.78, 5) is 34.5. The molecule has 0 bridgehead atoms. The third-order valence-corrected chi connectivity index (χ3v) is 5.74. The SMILES string of the molecule is C/C=C/CCCCCCCC[N+](CC(C)C(=O)O)(CC(C)C(=O)O)CC(C)C(=O)O. The molecule has 0 radical (unpaired) electrons. The molecule has 0 rings (SSSR count). The van der Waals surface area contributed by atoms with Crippen LogP contribution in [0.3, 0.4) is 0 Å². The molecule has 3 atom stereocenters. The average molecular weight is 429 g/mol. The van der Waals surface area contributed by atoms with Crippen molar-refractivity contribution >= 4 is 17.9 Å². The molecule has 0 saturated carbocycles. The van der Waals surface area contributed by atoms with Gasteiger partial charge in [-0.25, -0.2) is 0 Å². The summed E-state index contributed by atoms with van der Waals surface area (Å²) < 4.78 is 0.218. The molecule has 30 heavy (non-hydrogen) atoms. The van der Waals surface area contributed by atoms with Crippen LogP contribution in [0.2, 0.25) is 0 Å². The zero-order valence-electron chi connectivity index (χ0n) is 19.2. The quantitative estimate of drug-likeness (QED) is 0.171. The van der Waals surface area contributed by atoms with Gasteiger partial charge in [0.1, 0.15) is 17.8 Å². The monoisotopic (exact) mass is 428 g/mol. The van der Waals surface area contributed by atoms with Gasteiger partial charge >= 0.3 is 17.9 Å². The highest BCUT2D eigenvalue weighted by Crippen LogP contribution is 2.22. The Morgan fingerprint density at radius 1 is 0.700 bits per heavy atom. The van der Waals surface area contributed by atoms with Gasteiger partial charge in [-0.05, 0) is 53.4 Å². The Hall–Kier alpha value is -1.89. The Bertz CT molecular complexity index is 505. The molecule has 3 N–H and O–H groups in total. The number of hydrogen-bond acceptors (Lipinski definition) is 3. The van der Waals surface area contributed by atoms with Crippen molar-refractivity contribution in [3.05, 3.63) is 12.2 Å². The van der Waals surface area contributed by atoms with E-state index in [0.29, 0.717) is 6.54 Å². The molecule has 0 aromatic rings. The van der Waals surface area contributed by atoms with Crippen molar-refractivity contribution in [3.63, 3.8) is 0 Å². The van der Waals surface area contributed by atoms with Gasteiger partial charge < -0.3 is 19.8 Å². The molecule has 0 aromatic heterocycles.